The third kappa shape index (κ3) is 9.94. The van der Waals surface area contributed by atoms with Crippen molar-refractivity contribution in [3.63, 3.8) is 0 Å². The second-order valence-electron chi connectivity index (χ2n) is 7.91. The smallest absolute Gasteiger partial charge is 0.376 e. The fraction of sp³-hybridized carbons (Fsp3) is 0.778. The van der Waals surface area contributed by atoms with Gasteiger partial charge in [0.05, 0.1) is 6.04 Å². The van der Waals surface area contributed by atoms with Gasteiger partial charge in [0.15, 0.2) is 5.78 Å². The minimum atomic E-state index is -5.30. The number of ether oxygens (including phenoxy) is 1. The van der Waals surface area contributed by atoms with Crippen LogP contribution in [-0.4, -0.2) is 72.5 Å². The predicted octanol–water partition coefficient (Wildman–Crippen LogP) is 0.557. The Bertz CT molecular complexity index is 727. The lowest BCUT2D eigenvalue weighted by Crippen LogP contribution is -2.56. The summed E-state index contributed by atoms with van der Waals surface area (Å²) in [5.41, 5.74) is 0. The maximum atomic E-state index is 12.7. The molecule has 3 amide bonds. The maximum Gasteiger partial charge on any atom is 0.522 e. The first kappa shape index (κ1) is 28.6. The van der Waals surface area contributed by atoms with Crippen LogP contribution in [-0.2, 0) is 23.9 Å². The van der Waals surface area contributed by atoms with E-state index in [-0.39, 0.29) is 31.7 Å². The number of Topliss-reactive ketones (excluding diaryl/α,β-unsaturated/α-hetero) is 1. The lowest BCUT2D eigenvalue weighted by Gasteiger charge is -2.26. The molecule has 4 atom stereocenters. The highest BCUT2D eigenvalue weighted by molar-refractivity contribution is 5.94. The minimum Gasteiger partial charge on any atom is -0.376 e. The Morgan fingerprint density at radius 3 is 2.12 bits per heavy atom. The van der Waals surface area contributed by atoms with Crippen molar-refractivity contribution in [2.24, 2.45) is 11.8 Å². The Hall–Kier alpha value is -2.42. The van der Waals surface area contributed by atoms with Crippen molar-refractivity contribution in [3.8, 4) is 0 Å². The van der Waals surface area contributed by atoms with Crippen molar-refractivity contribution >= 4 is 23.5 Å². The van der Waals surface area contributed by atoms with E-state index in [0.717, 1.165) is 0 Å². The van der Waals surface area contributed by atoms with Crippen molar-refractivity contribution < 1.29 is 55.4 Å². The van der Waals surface area contributed by atoms with Gasteiger partial charge in [-0.1, -0.05) is 13.8 Å². The Labute approximate surface area is 184 Å². The summed E-state index contributed by atoms with van der Waals surface area (Å²) in [7, 11) is 0. The summed E-state index contributed by atoms with van der Waals surface area (Å²) in [5.74, 6) is -5.97. The highest BCUT2D eigenvalue weighted by Gasteiger charge is 2.45. The van der Waals surface area contributed by atoms with Gasteiger partial charge >= 0.3 is 12.5 Å². The molecule has 0 aromatic carbocycles. The first-order valence-corrected chi connectivity index (χ1v) is 9.88. The van der Waals surface area contributed by atoms with E-state index in [2.05, 4.69) is 15.4 Å². The van der Waals surface area contributed by atoms with E-state index in [9.17, 15) is 45.5 Å². The fourth-order valence-corrected chi connectivity index (χ4v) is 3.05. The maximum absolute atomic E-state index is 12.7. The van der Waals surface area contributed by atoms with Gasteiger partial charge in [0, 0.05) is 12.5 Å². The standard InChI is InChI=1S/C18H25F6N3O6/c1-8(2)5-11(27-16(32)13(29)17(19,20)21)15(31)26-10(6-9-3-4-25-14(9)30)12(28)7-33-18(22,23)24/h8-11,13,29H,3-7H2,1-2H3,(H,25,30)(H,26,31)(H,27,32)/t9-,10-,11-,13-/m0/s1. The molecule has 0 unspecified atom stereocenters. The summed E-state index contributed by atoms with van der Waals surface area (Å²) >= 11 is 0. The summed E-state index contributed by atoms with van der Waals surface area (Å²) in [6.07, 6.45) is -14.2. The first-order valence-electron chi connectivity index (χ1n) is 9.88. The van der Waals surface area contributed by atoms with Gasteiger partial charge in [-0.3, -0.25) is 23.9 Å². The van der Waals surface area contributed by atoms with Crippen LogP contribution in [0.25, 0.3) is 0 Å². The number of ketones is 1. The van der Waals surface area contributed by atoms with Gasteiger partial charge < -0.3 is 21.1 Å². The molecule has 1 saturated heterocycles. The number of amides is 3. The van der Waals surface area contributed by atoms with Crippen LogP contribution < -0.4 is 16.0 Å². The lowest BCUT2D eigenvalue weighted by atomic mass is 9.95. The van der Waals surface area contributed by atoms with Crippen molar-refractivity contribution in [2.45, 2.75) is 63.8 Å². The van der Waals surface area contributed by atoms with E-state index in [0.29, 0.717) is 0 Å². The number of hydrogen-bond donors (Lipinski definition) is 4. The molecular formula is C18H25F6N3O6. The summed E-state index contributed by atoms with van der Waals surface area (Å²) < 4.78 is 78.1. The molecule has 0 aromatic rings. The SMILES string of the molecule is CC(C)C[C@H](NC(=O)[C@H](O)C(F)(F)F)C(=O)N[C@@H](C[C@@H]1CCNC1=O)C(=O)COC(F)(F)F. The zero-order valence-electron chi connectivity index (χ0n) is 17.7. The number of hydrogen-bond acceptors (Lipinski definition) is 6. The molecule has 1 aliphatic heterocycles. The minimum absolute atomic E-state index is 0.216. The molecule has 1 rings (SSSR count). The number of alkyl halides is 6. The number of carbonyl (C=O) groups is 4. The number of carbonyl (C=O) groups excluding carboxylic acids is 4. The van der Waals surface area contributed by atoms with Gasteiger partial charge in [-0.25, -0.2) is 0 Å². The molecule has 1 fully saturated rings. The molecule has 0 aliphatic carbocycles. The molecule has 0 spiro atoms. The predicted molar refractivity (Wildman–Crippen MR) is 98.1 cm³/mol. The molecule has 190 valence electrons. The van der Waals surface area contributed by atoms with Crippen LogP contribution in [0.3, 0.4) is 0 Å². The Balaban J connectivity index is 3.00. The van der Waals surface area contributed by atoms with Crippen LogP contribution in [0.2, 0.25) is 0 Å². The Morgan fingerprint density at radius 2 is 1.67 bits per heavy atom. The van der Waals surface area contributed by atoms with Gasteiger partial charge in [-0.15, -0.1) is 13.2 Å². The molecule has 0 aromatic heterocycles. The summed E-state index contributed by atoms with van der Waals surface area (Å²) in [6, 6.07) is -3.29. The molecule has 1 heterocycles. The van der Waals surface area contributed by atoms with Crippen LogP contribution in [0.1, 0.15) is 33.1 Å². The molecule has 0 bridgehead atoms. The zero-order valence-corrected chi connectivity index (χ0v) is 17.7. The largest absolute Gasteiger partial charge is 0.522 e. The van der Waals surface area contributed by atoms with Crippen LogP contribution >= 0.6 is 0 Å². The molecule has 4 N–H and O–H groups in total. The van der Waals surface area contributed by atoms with Crippen LogP contribution in [0.15, 0.2) is 0 Å². The molecule has 0 saturated carbocycles. The summed E-state index contributed by atoms with van der Waals surface area (Å²) in [6.45, 7) is 1.90. The molecular weight excluding hydrogens is 468 g/mol. The topological polar surface area (TPSA) is 134 Å². The van der Waals surface area contributed by atoms with E-state index in [1.807, 2.05) is 0 Å². The molecule has 9 nitrogen and oxygen atoms in total. The van der Waals surface area contributed by atoms with Crippen LogP contribution in [0.5, 0.6) is 0 Å². The van der Waals surface area contributed by atoms with E-state index in [1.54, 1.807) is 19.2 Å². The quantitative estimate of drug-likeness (QED) is 0.311. The van der Waals surface area contributed by atoms with E-state index >= 15 is 0 Å². The highest BCUT2D eigenvalue weighted by Crippen LogP contribution is 2.21. The summed E-state index contributed by atoms with van der Waals surface area (Å²) in [5, 5.41) is 15.4. The normalized spacial score (nSPS) is 19.6. The average Bonchev–Trinajstić information content (AvgIpc) is 3.07. The van der Waals surface area contributed by atoms with Crippen molar-refractivity contribution in [2.75, 3.05) is 13.2 Å². The number of aliphatic hydroxyl groups is 1. The highest BCUT2D eigenvalue weighted by atomic mass is 19.4. The zero-order chi connectivity index (χ0) is 25.6. The average molecular weight is 493 g/mol. The lowest BCUT2D eigenvalue weighted by molar-refractivity contribution is -0.321. The summed E-state index contributed by atoms with van der Waals surface area (Å²) in [4.78, 5) is 48.4. The third-order valence-electron chi connectivity index (χ3n) is 4.66. The third-order valence-corrected chi connectivity index (χ3v) is 4.66. The van der Waals surface area contributed by atoms with Gasteiger partial charge in [-0.2, -0.15) is 13.2 Å². The van der Waals surface area contributed by atoms with E-state index < -0.39 is 66.8 Å². The molecule has 0 radical (unpaired) electrons. The number of halogens is 6. The van der Waals surface area contributed by atoms with Crippen molar-refractivity contribution in [3.05, 3.63) is 0 Å². The fourth-order valence-electron chi connectivity index (χ4n) is 3.05. The first-order chi connectivity index (χ1) is 15.0. The van der Waals surface area contributed by atoms with Crippen molar-refractivity contribution in [1.29, 1.82) is 0 Å². The van der Waals surface area contributed by atoms with E-state index in [1.165, 1.54) is 0 Å². The molecule has 33 heavy (non-hydrogen) atoms. The van der Waals surface area contributed by atoms with E-state index in [4.69, 9.17) is 5.11 Å². The Kier molecular flexibility index (Phi) is 10.1. The number of aliphatic hydroxyl groups excluding tert-OH is 1. The van der Waals surface area contributed by atoms with Crippen LogP contribution in [0, 0.1) is 11.8 Å². The Morgan fingerprint density at radius 1 is 1.09 bits per heavy atom. The molecule has 1 aliphatic rings. The van der Waals surface area contributed by atoms with Gasteiger partial charge in [0.25, 0.3) is 5.91 Å². The monoisotopic (exact) mass is 493 g/mol. The number of nitrogens with one attached hydrogen (secondary N) is 3. The van der Waals surface area contributed by atoms with Gasteiger partial charge in [-0.05, 0) is 25.2 Å². The second-order valence-corrected chi connectivity index (χ2v) is 7.91. The second kappa shape index (κ2) is 11.6. The van der Waals surface area contributed by atoms with Gasteiger partial charge in [0.2, 0.25) is 17.9 Å². The molecule has 15 heteroatoms. The van der Waals surface area contributed by atoms with Crippen molar-refractivity contribution in [1.82, 2.24) is 16.0 Å². The number of rotatable bonds is 11. The van der Waals surface area contributed by atoms with Gasteiger partial charge in [0.1, 0.15) is 12.6 Å². The van der Waals surface area contributed by atoms with Crippen LogP contribution in [0.4, 0.5) is 26.3 Å².